The zero-order valence-electron chi connectivity index (χ0n) is 8.71. The highest BCUT2D eigenvalue weighted by Gasteiger charge is 2.15. The summed E-state index contributed by atoms with van der Waals surface area (Å²) in [5.74, 6) is 0.370. The van der Waals surface area contributed by atoms with Crippen LogP contribution in [0.2, 0.25) is 0 Å². The molecule has 1 aromatic carbocycles. The number of halogens is 1. The van der Waals surface area contributed by atoms with Crippen molar-refractivity contribution >= 4 is 5.69 Å². The van der Waals surface area contributed by atoms with Gasteiger partial charge in [0.25, 0.3) is 0 Å². The lowest BCUT2D eigenvalue weighted by Gasteiger charge is -2.22. The van der Waals surface area contributed by atoms with Crippen LogP contribution in [-0.4, -0.2) is 13.2 Å². The molecule has 1 heterocycles. The third-order valence-electron chi connectivity index (χ3n) is 2.96. The minimum absolute atomic E-state index is 0.261. The van der Waals surface area contributed by atoms with E-state index in [0.29, 0.717) is 11.6 Å². The Morgan fingerprint density at radius 1 is 1.33 bits per heavy atom. The Hall–Kier alpha value is -1.09. The van der Waals surface area contributed by atoms with E-state index in [4.69, 9.17) is 10.5 Å². The molecule has 1 fully saturated rings. The van der Waals surface area contributed by atoms with Gasteiger partial charge in [0.2, 0.25) is 0 Å². The van der Waals surface area contributed by atoms with Crippen molar-refractivity contribution in [3.05, 3.63) is 29.6 Å². The lowest BCUT2D eigenvalue weighted by Crippen LogP contribution is -2.18. The summed E-state index contributed by atoms with van der Waals surface area (Å²) in [6.07, 6.45) is 3.10. The van der Waals surface area contributed by atoms with Gasteiger partial charge < -0.3 is 10.5 Å². The molecule has 0 saturated carbocycles. The van der Waals surface area contributed by atoms with Gasteiger partial charge in [-0.1, -0.05) is 6.07 Å². The van der Waals surface area contributed by atoms with Gasteiger partial charge in [-0.05, 0) is 42.9 Å². The minimum atomic E-state index is -0.261. The van der Waals surface area contributed by atoms with Crippen molar-refractivity contribution in [1.29, 1.82) is 0 Å². The fraction of sp³-hybridized carbons (Fsp3) is 0.500. The molecule has 82 valence electrons. The summed E-state index contributed by atoms with van der Waals surface area (Å²) in [6, 6.07) is 4.67. The van der Waals surface area contributed by atoms with Crippen LogP contribution >= 0.6 is 0 Å². The van der Waals surface area contributed by atoms with Crippen molar-refractivity contribution in [2.45, 2.75) is 19.3 Å². The van der Waals surface area contributed by atoms with Crippen LogP contribution in [0.1, 0.15) is 18.4 Å². The molecule has 2 N–H and O–H groups in total. The minimum Gasteiger partial charge on any atom is -0.398 e. The van der Waals surface area contributed by atoms with Crippen molar-refractivity contribution in [2.75, 3.05) is 18.9 Å². The molecule has 15 heavy (non-hydrogen) atoms. The maximum absolute atomic E-state index is 12.8. The molecule has 1 aliphatic heterocycles. The molecule has 0 aromatic heterocycles. The van der Waals surface area contributed by atoms with Gasteiger partial charge >= 0.3 is 0 Å². The maximum atomic E-state index is 12.8. The standard InChI is InChI=1S/C12H16FNO/c13-11-2-1-10(12(14)8-11)7-9-3-5-15-6-4-9/h1-2,8-9H,3-7,14H2. The van der Waals surface area contributed by atoms with Gasteiger partial charge in [0.15, 0.2) is 0 Å². The maximum Gasteiger partial charge on any atom is 0.125 e. The molecule has 1 aliphatic rings. The van der Waals surface area contributed by atoms with E-state index >= 15 is 0 Å². The Labute approximate surface area is 89.2 Å². The van der Waals surface area contributed by atoms with Crippen LogP contribution in [-0.2, 0) is 11.2 Å². The lowest BCUT2D eigenvalue weighted by atomic mass is 9.92. The molecule has 0 atom stereocenters. The molecular formula is C12H16FNO. The number of rotatable bonds is 2. The third-order valence-corrected chi connectivity index (χ3v) is 2.96. The van der Waals surface area contributed by atoms with E-state index < -0.39 is 0 Å². The quantitative estimate of drug-likeness (QED) is 0.759. The van der Waals surface area contributed by atoms with Crippen LogP contribution in [0.5, 0.6) is 0 Å². The predicted molar refractivity (Wildman–Crippen MR) is 58.1 cm³/mol. The van der Waals surface area contributed by atoms with Gasteiger partial charge in [-0.25, -0.2) is 4.39 Å². The summed E-state index contributed by atoms with van der Waals surface area (Å²) >= 11 is 0. The van der Waals surface area contributed by atoms with Gasteiger partial charge in [-0.3, -0.25) is 0 Å². The predicted octanol–water partition coefficient (Wildman–Crippen LogP) is 2.38. The first kappa shape index (κ1) is 10.4. The first-order chi connectivity index (χ1) is 7.25. The SMILES string of the molecule is Nc1cc(F)ccc1CC1CCOCC1. The fourth-order valence-corrected chi connectivity index (χ4v) is 2.01. The van der Waals surface area contributed by atoms with E-state index in [1.165, 1.54) is 12.1 Å². The first-order valence-electron chi connectivity index (χ1n) is 5.37. The topological polar surface area (TPSA) is 35.2 Å². The number of nitrogen functional groups attached to an aromatic ring is 1. The van der Waals surface area contributed by atoms with Crippen molar-refractivity contribution < 1.29 is 9.13 Å². The number of nitrogens with two attached hydrogens (primary N) is 1. The summed E-state index contributed by atoms with van der Waals surface area (Å²) in [7, 11) is 0. The molecule has 0 amide bonds. The van der Waals surface area contributed by atoms with Crippen LogP contribution in [0.15, 0.2) is 18.2 Å². The van der Waals surface area contributed by atoms with Crippen molar-refractivity contribution in [3.8, 4) is 0 Å². The Morgan fingerprint density at radius 3 is 2.73 bits per heavy atom. The van der Waals surface area contributed by atoms with Gasteiger partial charge in [0.1, 0.15) is 5.82 Å². The van der Waals surface area contributed by atoms with E-state index in [-0.39, 0.29) is 5.82 Å². The Morgan fingerprint density at radius 2 is 2.07 bits per heavy atom. The van der Waals surface area contributed by atoms with Crippen LogP contribution in [0, 0.1) is 11.7 Å². The molecule has 0 bridgehead atoms. The van der Waals surface area contributed by atoms with Crippen LogP contribution < -0.4 is 5.73 Å². The molecule has 0 unspecified atom stereocenters. The molecule has 0 radical (unpaired) electrons. The number of ether oxygens (including phenoxy) is 1. The molecule has 1 aromatic rings. The number of anilines is 1. The normalized spacial score (nSPS) is 17.9. The van der Waals surface area contributed by atoms with Crippen LogP contribution in [0.3, 0.4) is 0 Å². The highest BCUT2D eigenvalue weighted by Crippen LogP contribution is 2.23. The van der Waals surface area contributed by atoms with Gasteiger partial charge in [0.05, 0.1) is 0 Å². The van der Waals surface area contributed by atoms with Crippen molar-refractivity contribution in [2.24, 2.45) is 5.92 Å². The largest absolute Gasteiger partial charge is 0.398 e. The van der Waals surface area contributed by atoms with Gasteiger partial charge in [-0.15, -0.1) is 0 Å². The average Bonchev–Trinajstić information content (AvgIpc) is 2.24. The van der Waals surface area contributed by atoms with Crippen LogP contribution in [0.25, 0.3) is 0 Å². The second-order valence-electron chi connectivity index (χ2n) is 4.10. The first-order valence-corrected chi connectivity index (χ1v) is 5.37. The molecule has 0 spiro atoms. The summed E-state index contributed by atoms with van der Waals surface area (Å²) in [5.41, 5.74) is 7.40. The van der Waals surface area contributed by atoms with E-state index in [9.17, 15) is 4.39 Å². The number of hydrogen-bond acceptors (Lipinski definition) is 2. The van der Waals surface area contributed by atoms with E-state index in [1.54, 1.807) is 6.07 Å². The molecule has 2 nitrogen and oxygen atoms in total. The highest BCUT2D eigenvalue weighted by molar-refractivity contribution is 5.47. The number of benzene rings is 1. The van der Waals surface area contributed by atoms with E-state index in [1.807, 2.05) is 0 Å². The fourth-order valence-electron chi connectivity index (χ4n) is 2.01. The summed E-state index contributed by atoms with van der Waals surface area (Å²) in [5, 5.41) is 0. The zero-order valence-corrected chi connectivity index (χ0v) is 8.71. The van der Waals surface area contributed by atoms with Gasteiger partial charge in [-0.2, -0.15) is 0 Å². The molecule has 0 aliphatic carbocycles. The summed E-state index contributed by atoms with van der Waals surface area (Å²) in [6.45, 7) is 1.68. The summed E-state index contributed by atoms with van der Waals surface area (Å²) < 4.78 is 18.1. The third kappa shape index (κ3) is 2.69. The molecule has 2 rings (SSSR count). The summed E-state index contributed by atoms with van der Waals surface area (Å²) in [4.78, 5) is 0. The second kappa shape index (κ2) is 4.62. The van der Waals surface area contributed by atoms with Crippen molar-refractivity contribution in [3.63, 3.8) is 0 Å². The van der Waals surface area contributed by atoms with Crippen molar-refractivity contribution in [1.82, 2.24) is 0 Å². The monoisotopic (exact) mass is 209 g/mol. The molecule has 3 heteroatoms. The van der Waals surface area contributed by atoms with E-state index in [2.05, 4.69) is 0 Å². The number of hydrogen-bond donors (Lipinski definition) is 1. The second-order valence-corrected chi connectivity index (χ2v) is 4.10. The molecule has 1 saturated heterocycles. The van der Waals surface area contributed by atoms with E-state index in [0.717, 1.165) is 38.0 Å². The average molecular weight is 209 g/mol. The Kier molecular flexibility index (Phi) is 3.21. The van der Waals surface area contributed by atoms with Gasteiger partial charge in [0, 0.05) is 18.9 Å². The lowest BCUT2D eigenvalue weighted by molar-refractivity contribution is 0.0666. The van der Waals surface area contributed by atoms with Crippen LogP contribution in [0.4, 0.5) is 10.1 Å². The Balaban J connectivity index is 2.03. The molecular weight excluding hydrogens is 193 g/mol. The zero-order chi connectivity index (χ0) is 10.7. The Bertz CT molecular complexity index is 334. The highest BCUT2D eigenvalue weighted by atomic mass is 19.1. The smallest absolute Gasteiger partial charge is 0.125 e.